The lowest BCUT2D eigenvalue weighted by Gasteiger charge is -2.18. The van der Waals surface area contributed by atoms with Crippen LogP contribution < -0.4 is 19.7 Å². The van der Waals surface area contributed by atoms with Gasteiger partial charge in [0.15, 0.2) is 0 Å². The zero-order chi connectivity index (χ0) is 27.2. The van der Waals surface area contributed by atoms with Gasteiger partial charge in [-0.15, -0.1) is 0 Å². The van der Waals surface area contributed by atoms with Gasteiger partial charge in [-0.1, -0.05) is 42.4 Å². The van der Waals surface area contributed by atoms with Gasteiger partial charge in [0.05, 0.1) is 37.8 Å². The summed E-state index contributed by atoms with van der Waals surface area (Å²) in [5.41, 5.74) is 0.740. The average Bonchev–Trinajstić information content (AvgIpc) is 3.16. The van der Waals surface area contributed by atoms with Crippen LogP contribution in [-0.2, 0) is 14.3 Å². The van der Waals surface area contributed by atoms with Gasteiger partial charge < -0.3 is 19.5 Å². The van der Waals surface area contributed by atoms with Crippen LogP contribution in [0.5, 0.6) is 11.5 Å². The maximum atomic E-state index is 13.8. The Hall–Kier alpha value is -3.95. The van der Waals surface area contributed by atoms with Crippen molar-refractivity contribution in [2.45, 2.75) is 18.2 Å². The summed E-state index contributed by atoms with van der Waals surface area (Å²) in [4.78, 5) is 42.2. The second kappa shape index (κ2) is 12.1. The Morgan fingerprint density at radius 3 is 2.39 bits per heavy atom. The smallest absolute Gasteiger partial charge is 0.340 e. The molecule has 38 heavy (non-hydrogen) atoms. The van der Waals surface area contributed by atoms with Gasteiger partial charge in [0.1, 0.15) is 22.1 Å². The zero-order valence-electron chi connectivity index (χ0n) is 20.9. The lowest BCUT2D eigenvalue weighted by molar-refractivity contribution is -0.120. The number of benzene rings is 3. The maximum absolute atomic E-state index is 13.8. The number of rotatable bonds is 10. The van der Waals surface area contributed by atoms with Crippen LogP contribution in [-0.4, -0.2) is 38.6 Å². The Kier molecular flexibility index (Phi) is 8.60. The molecule has 1 aliphatic heterocycles. The molecule has 3 aromatic carbocycles. The van der Waals surface area contributed by atoms with Crippen LogP contribution >= 0.6 is 23.4 Å². The minimum atomic E-state index is -0.625. The summed E-state index contributed by atoms with van der Waals surface area (Å²) in [6.07, 6.45) is 0.636. The monoisotopic (exact) mass is 552 g/mol. The van der Waals surface area contributed by atoms with Gasteiger partial charge in [-0.05, 0) is 55.0 Å². The summed E-state index contributed by atoms with van der Waals surface area (Å²) in [6.45, 7) is 2.09. The van der Waals surface area contributed by atoms with E-state index in [0.717, 1.165) is 16.7 Å². The summed E-state index contributed by atoms with van der Waals surface area (Å²) in [5, 5.41) is 3.62. The lowest BCUT2D eigenvalue weighted by atomic mass is 10.1. The fourth-order valence-corrected chi connectivity index (χ4v) is 4.76. The van der Waals surface area contributed by atoms with Crippen molar-refractivity contribution in [1.29, 1.82) is 0 Å². The van der Waals surface area contributed by atoms with Crippen molar-refractivity contribution in [3.05, 3.63) is 87.9 Å². The molecule has 0 aromatic heterocycles. The van der Waals surface area contributed by atoms with E-state index in [2.05, 4.69) is 5.32 Å². The molecule has 0 saturated heterocycles. The molecule has 0 unspecified atom stereocenters. The van der Waals surface area contributed by atoms with Crippen LogP contribution in [0.1, 0.15) is 23.7 Å². The van der Waals surface area contributed by atoms with E-state index in [1.165, 1.54) is 20.3 Å². The SMILES string of the molecule is CCCOC(=O)c1ccccc1N1C(=O)C(Nc2ccc(OC)cc2OC)=C(Sc2ccc(Cl)cc2)C1=O. The van der Waals surface area contributed by atoms with Crippen LogP contribution in [0.2, 0.25) is 5.02 Å². The van der Waals surface area contributed by atoms with E-state index in [-0.39, 0.29) is 28.5 Å². The number of methoxy groups -OCH3 is 2. The van der Waals surface area contributed by atoms with Crippen molar-refractivity contribution in [2.24, 2.45) is 0 Å². The highest BCUT2D eigenvalue weighted by Crippen LogP contribution is 2.40. The Labute approximate surface area is 229 Å². The molecule has 3 aromatic rings. The quantitative estimate of drug-likeness (QED) is 0.245. The molecular formula is C28H25ClN2O6S. The van der Waals surface area contributed by atoms with Crippen molar-refractivity contribution in [3.8, 4) is 11.5 Å². The highest BCUT2D eigenvalue weighted by atomic mass is 35.5. The van der Waals surface area contributed by atoms with Crippen molar-refractivity contribution in [3.63, 3.8) is 0 Å². The molecule has 0 atom stereocenters. The van der Waals surface area contributed by atoms with Crippen LogP contribution in [0.3, 0.4) is 0 Å². The predicted octanol–water partition coefficient (Wildman–Crippen LogP) is 5.91. The van der Waals surface area contributed by atoms with E-state index >= 15 is 0 Å². The second-order valence-corrected chi connectivity index (χ2v) is 9.57. The number of imide groups is 1. The Bertz CT molecular complexity index is 1410. The molecule has 196 valence electrons. The molecule has 0 radical (unpaired) electrons. The van der Waals surface area contributed by atoms with Crippen molar-refractivity contribution in [2.75, 3.05) is 31.0 Å². The number of nitrogens with zero attached hydrogens (tertiary/aromatic N) is 1. The van der Waals surface area contributed by atoms with Crippen LogP contribution in [0, 0.1) is 0 Å². The normalized spacial score (nSPS) is 13.1. The summed E-state index contributed by atoms with van der Waals surface area (Å²) in [7, 11) is 3.02. The fourth-order valence-electron chi connectivity index (χ4n) is 3.70. The number of ether oxygens (including phenoxy) is 3. The highest BCUT2D eigenvalue weighted by Gasteiger charge is 2.42. The first-order valence-electron chi connectivity index (χ1n) is 11.7. The van der Waals surface area contributed by atoms with Gasteiger partial charge >= 0.3 is 5.97 Å². The number of para-hydroxylation sites is 1. The van der Waals surface area contributed by atoms with Crippen LogP contribution in [0.4, 0.5) is 11.4 Å². The Morgan fingerprint density at radius 1 is 0.974 bits per heavy atom. The standard InChI is InChI=1S/C28H25ClN2O6S/c1-4-15-37-28(34)20-7-5-6-8-22(20)31-26(32)24(30-21-14-11-18(35-2)16-23(21)36-3)25(27(31)33)38-19-12-9-17(29)10-13-19/h5-14,16,30H,4,15H2,1-3H3. The first-order chi connectivity index (χ1) is 18.4. The third-order valence-electron chi connectivity index (χ3n) is 5.55. The third-order valence-corrected chi connectivity index (χ3v) is 6.89. The summed E-state index contributed by atoms with van der Waals surface area (Å²) in [6, 6.07) is 18.3. The summed E-state index contributed by atoms with van der Waals surface area (Å²) in [5.74, 6) is -0.851. The second-order valence-electron chi connectivity index (χ2n) is 8.05. The molecule has 4 rings (SSSR count). The Balaban J connectivity index is 1.78. The van der Waals surface area contributed by atoms with E-state index < -0.39 is 17.8 Å². The first kappa shape index (κ1) is 27.1. The molecule has 1 N–H and O–H groups in total. The number of nitrogens with one attached hydrogen (secondary N) is 1. The third kappa shape index (κ3) is 5.64. The number of hydrogen-bond acceptors (Lipinski definition) is 8. The van der Waals surface area contributed by atoms with Gasteiger partial charge in [-0.3, -0.25) is 9.59 Å². The number of thioether (sulfide) groups is 1. The highest BCUT2D eigenvalue weighted by molar-refractivity contribution is 8.04. The molecule has 10 heteroatoms. The number of carbonyl (C=O) groups is 3. The van der Waals surface area contributed by atoms with Gasteiger partial charge in [0.25, 0.3) is 11.8 Å². The molecule has 0 spiro atoms. The largest absolute Gasteiger partial charge is 0.497 e. The van der Waals surface area contributed by atoms with E-state index in [0.29, 0.717) is 33.5 Å². The molecule has 2 amide bonds. The lowest BCUT2D eigenvalue weighted by Crippen LogP contribution is -2.33. The Morgan fingerprint density at radius 2 is 1.71 bits per heavy atom. The predicted molar refractivity (Wildman–Crippen MR) is 147 cm³/mol. The molecule has 0 fully saturated rings. The molecular weight excluding hydrogens is 528 g/mol. The molecule has 1 aliphatic rings. The summed E-state index contributed by atoms with van der Waals surface area (Å²) < 4.78 is 16.0. The minimum absolute atomic E-state index is 0.0372. The molecule has 0 saturated carbocycles. The van der Waals surface area contributed by atoms with E-state index in [1.807, 2.05) is 6.92 Å². The maximum Gasteiger partial charge on any atom is 0.340 e. The zero-order valence-corrected chi connectivity index (χ0v) is 22.5. The average molecular weight is 553 g/mol. The van der Waals surface area contributed by atoms with Crippen LogP contribution in [0.15, 0.2) is 82.2 Å². The molecule has 1 heterocycles. The molecule has 0 bridgehead atoms. The molecule has 0 aliphatic carbocycles. The van der Waals surface area contributed by atoms with Crippen molar-refractivity contribution >= 4 is 52.5 Å². The number of carbonyl (C=O) groups excluding carboxylic acids is 3. The molecule has 8 nitrogen and oxygen atoms in total. The fraction of sp³-hybridized carbons (Fsp3) is 0.179. The van der Waals surface area contributed by atoms with E-state index in [9.17, 15) is 14.4 Å². The number of anilines is 2. The summed E-state index contributed by atoms with van der Waals surface area (Å²) >= 11 is 7.14. The van der Waals surface area contributed by atoms with Crippen molar-refractivity contribution < 1.29 is 28.6 Å². The first-order valence-corrected chi connectivity index (χ1v) is 12.9. The van der Waals surface area contributed by atoms with E-state index in [4.69, 9.17) is 25.8 Å². The van der Waals surface area contributed by atoms with Crippen LogP contribution in [0.25, 0.3) is 0 Å². The van der Waals surface area contributed by atoms with Gasteiger partial charge in [-0.25, -0.2) is 9.69 Å². The van der Waals surface area contributed by atoms with Gasteiger partial charge in [-0.2, -0.15) is 0 Å². The van der Waals surface area contributed by atoms with E-state index in [1.54, 1.807) is 60.7 Å². The topological polar surface area (TPSA) is 94.2 Å². The van der Waals surface area contributed by atoms with Crippen molar-refractivity contribution in [1.82, 2.24) is 0 Å². The van der Waals surface area contributed by atoms with Gasteiger partial charge in [0.2, 0.25) is 0 Å². The number of amides is 2. The number of esters is 1. The van der Waals surface area contributed by atoms with Gasteiger partial charge in [0, 0.05) is 16.0 Å². The number of halogens is 1. The number of hydrogen-bond donors (Lipinski definition) is 1. The minimum Gasteiger partial charge on any atom is -0.497 e.